The van der Waals surface area contributed by atoms with Crippen LogP contribution in [-0.4, -0.2) is 47.0 Å². The number of aliphatic hydroxyl groups excluding tert-OH is 1. The van der Waals surface area contributed by atoms with Gasteiger partial charge in [-0.2, -0.15) is 13.2 Å². The number of aliphatic hydroxyl groups is 1. The Labute approximate surface area is 98.2 Å². The van der Waals surface area contributed by atoms with E-state index < -0.39 is 5.51 Å². The first kappa shape index (κ1) is 14.1. The van der Waals surface area contributed by atoms with Crippen LogP contribution in [0.25, 0.3) is 0 Å². The second-order valence-electron chi connectivity index (χ2n) is 4.12. The summed E-state index contributed by atoms with van der Waals surface area (Å²) in [5, 5.41) is 9.63. The lowest BCUT2D eigenvalue weighted by molar-refractivity contribution is -0.0330. The molecule has 0 aliphatic carbocycles. The van der Waals surface area contributed by atoms with E-state index in [9.17, 15) is 18.3 Å². The van der Waals surface area contributed by atoms with E-state index in [0.717, 1.165) is 13.0 Å². The predicted molar refractivity (Wildman–Crippen MR) is 59.4 cm³/mol. The van der Waals surface area contributed by atoms with Crippen LogP contribution in [0.15, 0.2) is 0 Å². The Balaban J connectivity index is 2.23. The number of thioether (sulfide) groups is 1. The normalized spacial score (nSPS) is 28.3. The molecule has 0 aromatic rings. The monoisotopic (exact) mass is 257 g/mol. The van der Waals surface area contributed by atoms with Gasteiger partial charge in [0.05, 0.1) is 6.10 Å². The SMILES string of the molecule is CCC1CN(CCSC(F)(F)F)CCC1O. The molecular weight excluding hydrogens is 239 g/mol. The average Bonchev–Trinajstić information content (AvgIpc) is 2.18. The molecule has 1 heterocycles. The van der Waals surface area contributed by atoms with E-state index in [0.29, 0.717) is 19.5 Å². The van der Waals surface area contributed by atoms with Crippen molar-refractivity contribution in [2.45, 2.75) is 31.4 Å². The van der Waals surface area contributed by atoms with Crippen LogP contribution in [-0.2, 0) is 0 Å². The van der Waals surface area contributed by atoms with Crippen molar-refractivity contribution in [3.05, 3.63) is 0 Å². The number of piperidine rings is 1. The zero-order valence-electron chi connectivity index (χ0n) is 9.33. The molecule has 0 bridgehead atoms. The van der Waals surface area contributed by atoms with Gasteiger partial charge in [-0.25, -0.2) is 0 Å². The molecule has 0 aromatic carbocycles. The summed E-state index contributed by atoms with van der Waals surface area (Å²) in [7, 11) is 0. The Morgan fingerprint density at radius 2 is 2.12 bits per heavy atom. The minimum atomic E-state index is -4.13. The summed E-state index contributed by atoms with van der Waals surface area (Å²) in [6, 6.07) is 0. The number of nitrogens with zero attached hydrogens (tertiary/aromatic N) is 1. The zero-order valence-corrected chi connectivity index (χ0v) is 10.2. The van der Waals surface area contributed by atoms with Gasteiger partial charge in [0, 0.05) is 25.4 Å². The van der Waals surface area contributed by atoms with Crippen molar-refractivity contribution >= 4 is 11.8 Å². The number of rotatable bonds is 4. The summed E-state index contributed by atoms with van der Waals surface area (Å²) < 4.78 is 35.8. The third-order valence-electron chi connectivity index (χ3n) is 2.98. The average molecular weight is 257 g/mol. The molecule has 0 radical (unpaired) electrons. The van der Waals surface area contributed by atoms with Crippen LogP contribution >= 0.6 is 11.8 Å². The first-order valence-corrected chi connectivity index (χ1v) is 6.52. The molecule has 96 valence electrons. The van der Waals surface area contributed by atoms with Crippen molar-refractivity contribution in [2.75, 3.05) is 25.4 Å². The molecule has 2 unspecified atom stereocenters. The lowest BCUT2D eigenvalue weighted by Crippen LogP contribution is -2.43. The Bertz CT molecular complexity index is 213. The smallest absolute Gasteiger partial charge is 0.393 e. The van der Waals surface area contributed by atoms with Crippen molar-refractivity contribution in [3.63, 3.8) is 0 Å². The fourth-order valence-electron chi connectivity index (χ4n) is 1.99. The van der Waals surface area contributed by atoms with Crippen LogP contribution in [0.3, 0.4) is 0 Å². The molecule has 1 saturated heterocycles. The maximum absolute atomic E-state index is 11.9. The standard InChI is InChI=1S/C10H18F3NOS/c1-2-8-7-14(4-3-9(8)15)5-6-16-10(11,12)13/h8-9,15H,2-7H2,1H3. The van der Waals surface area contributed by atoms with Crippen molar-refractivity contribution in [3.8, 4) is 0 Å². The highest BCUT2D eigenvalue weighted by molar-refractivity contribution is 8.00. The van der Waals surface area contributed by atoms with E-state index in [1.807, 2.05) is 11.8 Å². The summed E-state index contributed by atoms with van der Waals surface area (Å²) in [4.78, 5) is 2.01. The van der Waals surface area contributed by atoms with Gasteiger partial charge in [-0.3, -0.25) is 0 Å². The van der Waals surface area contributed by atoms with Gasteiger partial charge in [-0.1, -0.05) is 6.92 Å². The van der Waals surface area contributed by atoms with Crippen LogP contribution in [0.5, 0.6) is 0 Å². The third kappa shape index (κ3) is 4.93. The van der Waals surface area contributed by atoms with Gasteiger partial charge < -0.3 is 10.0 Å². The summed E-state index contributed by atoms with van der Waals surface area (Å²) in [5.74, 6) is 0.292. The van der Waals surface area contributed by atoms with Crippen molar-refractivity contribution in [1.82, 2.24) is 4.90 Å². The van der Waals surface area contributed by atoms with Crippen molar-refractivity contribution in [2.24, 2.45) is 5.92 Å². The highest BCUT2D eigenvalue weighted by Crippen LogP contribution is 2.30. The van der Waals surface area contributed by atoms with Crippen LogP contribution in [0, 0.1) is 5.92 Å². The minimum Gasteiger partial charge on any atom is -0.393 e. The second kappa shape index (κ2) is 6.12. The summed E-state index contributed by atoms with van der Waals surface area (Å²) in [6.07, 6.45) is 1.27. The first-order chi connectivity index (χ1) is 7.42. The number of likely N-dealkylation sites (tertiary alicyclic amines) is 1. The zero-order chi connectivity index (χ0) is 12.2. The molecular formula is C10H18F3NOS. The van der Waals surface area contributed by atoms with E-state index in [1.54, 1.807) is 0 Å². The van der Waals surface area contributed by atoms with Gasteiger partial charge in [-0.15, -0.1) is 0 Å². The van der Waals surface area contributed by atoms with Gasteiger partial charge in [0.1, 0.15) is 0 Å². The van der Waals surface area contributed by atoms with E-state index >= 15 is 0 Å². The molecule has 1 fully saturated rings. The predicted octanol–water partition coefficient (Wildman–Crippen LogP) is 2.33. The third-order valence-corrected chi connectivity index (χ3v) is 3.69. The molecule has 1 rings (SSSR count). The highest BCUT2D eigenvalue weighted by Gasteiger charge is 2.29. The highest BCUT2D eigenvalue weighted by atomic mass is 32.2. The molecule has 0 aromatic heterocycles. The van der Waals surface area contributed by atoms with Crippen LogP contribution in [0.2, 0.25) is 0 Å². The van der Waals surface area contributed by atoms with E-state index in [4.69, 9.17) is 0 Å². The number of hydrogen-bond acceptors (Lipinski definition) is 3. The Morgan fingerprint density at radius 3 is 2.69 bits per heavy atom. The molecule has 0 saturated carbocycles. The summed E-state index contributed by atoms with van der Waals surface area (Å²) in [5.41, 5.74) is -4.13. The van der Waals surface area contributed by atoms with Crippen LogP contribution < -0.4 is 0 Å². The lowest BCUT2D eigenvalue weighted by atomic mass is 9.92. The molecule has 1 N–H and O–H groups in total. The maximum Gasteiger partial charge on any atom is 0.441 e. The lowest BCUT2D eigenvalue weighted by Gasteiger charge is -2.35. The van der Waals surface area contributed by atoms with Gasteiger partial charge >= 0.3 is 5.51 Å². The molecule has 1 aliphatic rings. The van der Waals surface area contributed by atoms with Gasteiger partial charge in [0.2, 0.25) is 0 Å². The van der Waals surface area contributed by atoms with E-state index in [1.165, 1.54) is 0 Å². The summed E-state index contributed by atoms with van der Waals surface area (Å²) >= 11 is 0.0327. The summed E-state index contributed by atoms with van der Waals surface area (Å²) in [6.45, 7) is 3.88. The Hall–Kier alpha value is 0.0600. The van der Waals surface area contributed by atoms with Gasteiger partial charge in [0.15, 0.2) is 0 Å². The van der Waals surface area contributed by atoms with E-state index in [-0.39, 0.29) is 29.5 Å². The van der Waals surface area contributed by atoms with Crippen LogP contribution in [0.1, 0.15) is 19.8 Å². The molecule has 1 aliphatic heterocycles. The van der Waals surface area contributed by atoms with Gasteiger partial charge in [-0.05, 0) is 30.5 Å². The number of alkyl halides is 3. The molecule has 16 heavy (non-hydrogen) atoms. The van der Waals surface area contributed by atoms with Crippen LogP contribution in [0.4, 0.5) is 13.2 Å². The number of halogens is 3. The number of hydrogen-bond donors (Lipinski definition) is 1. The van der Waals surface area contributed by atoms with Gasteiger partial charge in [0.25, 0.3) is 0 Å². The van der Waals surface area contributed by atoms with Crippen molar-refractivity contribution < 1.29 is 18.3 Å². The van der Waals surface area contributed by atoms with E-state index in [2.05, 4.69) is 0 Å². The molecule has 2 atom stereocenters. The molecule has 0 amide bonds. The Morgan fingerprint density at radius 1 is 1.44 bits per heavy atom. The second-order valence-corrected chi connectivity index (χ2v) is 5.28. The fourth-order valence-corrected chi connectivity index (χ4v) is 2.57. The fraction of sp³-hybridized carbons (Fsp3) is 1.00. The van der Waals surface area contributed by atoms with Crippen molar-refractivity contribution in [1.29, 1.82) is 0 Å². The quantitative estimate of drug-likeness (QED) is 0.836. The Kier molecular flexibility index (Phi) is 5.40. The molecule has 0 spiro atoms. The minimum absolute atomic E-state index is 0.0327. The topological polar surface area (TPSA) is 23.5 Å². The molecule has 6 heteroatoms. The molecule has 2 nitrogen and oxygen atoms in total. The maximum atomic E-state index is 11.9. The largest absolute Gasteiger partial charge is 0.441 e. The first-order valence-electron chi connectivity index (χ1n) is 5.53.